The van der Waals surface area contributed by atoms with Crippen LogP contribution in [-0.2, 0) is 6.42 Å². The minimum absolute atomic E-state index is 0.217. The molecule has 1 saturated heterocycles. The molecule has 0 saturated carbocycles. The monoisotopic (exact) mass is 299 g/mol. The fourth-order valence-corrected chi connectivity index (χ4v) is 2.93. The zero-order valence-corrected chi connectivity index (χ0v) is 12.1. The van der Waals surface area contributed by atoms with E-state index in [0.29, 0.717) is 17.6 Å². The molecule has 0 bridgehead atoms. The van der Waals surface area contributed by atoms with Gasteiger partial charge < -0.3 is 19.8 Å². The number of aromatic amines is 2. The van der Waals surface area contributed by atoms with Crippen LogP contribution in [0.5, 0.6) is 0 Å². The van der Waals surface area contributed by atoms with Gasteiger partial charge in [-0.05, 0) is 50.0 Å². The van der Waals surface area contributed by atoms with Crippen LogP contribution in [0, 0.1) is 5.92 Å². The van der Waals surface area contributed by atoms with Gasteiger partial charge in [-0.15, -0.1) is 0 Å². The van der Waals surface area contributed by atoms with Crippen LogP contribution in [0.2, 0.25) is 0 Å². The molecule has 4 rings (SSSR count). The third-order valence-electron chi connectivity index (χ3n) is 4.17. The second-order valence-electron chi connectivity index (χ2n) is 5.75. The van der Waals surface area contributed by atoms with Crippen molar-refractivity contribution >= 4 is 11.0 Å². The molecule has 1 atom stereocenters. The van der Waals surface area contributed by atoms with Gasteiger partial charge in [0.1, 0.15) is 0 Å². The first-order valence-corrected chi connectivity index (χ1v) is 7.54. The summed E-state index contributed by atoms with van der Waals surface area (Å²) >= 11 is 0. The van der Waals surface area contributed by atoms with Crippen molar-refractivity contribution in [2.45, 2.75) is 19.3 Å². The Morgan fingerprint density at radius 3 is 3.05 bits per heavy atom. The molecule has 7 nitrogen and oxygen atoms in total. The summed E-state index contributed by atoms with van der Waals surface area (Å²) in [5.74, 6) is 1.93. The summed E-state index contributed by atoms with van der Waals surface area (Å²) in [6.07, 6.45) is 3.10. The van der Waals surface area contributed by atoms with E-state index >= 15 is 0 Å². The minimum Gasteiger partial charge on any atom is -0.339 e. The van der Waals surface area contributed by atoms with Gasteiger partial charge in [0.2, 0.25) is 11.7 Å². The number of nitrogens with one attached hydrogen (secondary N) is 3. The number of imidazole rings is 1. The van der Waals surface area contributed by atoms with E-state index in [-0.39, 0.29) is 5.69 Å². The Labute approximate surface area is 126 Å². The van der Waals surface area contributed by atoms with Crippen LogP contribution in [0.15, 0.2) is 27.5 Å². The van der Waals surface area contributed by atoms with Crippen LogP contribution in [0.25, 0.3) is 22.4 Å². The van der Waals surface area contributed by atoms with E-state index < -0.39 is 0 Å². The Kier molecular flexibility index (Phi) is 3.27. The highest BCUT2D eigenvalue weighted by atomic mass is 16.5. The van der Waals surface area contributed by atoms with Gasteiger partial charge in [-0.1, -0.05) is 5.16 Å². The lowest BCUT2D eigenvalue weighted by molar-refractivity contribution is 0.365. The molecule has 0 amide bonds. The van der Waals surface area contributed by atoms with Gasteiger partial charge in [0.25, 0.3) is 0 Å². The van der Waals surface area contributed by atoms with Gasteiger partial charge in [0.15, 0.2) is 0 Å². The summed E-state index contributed by atoms with van der Waals surface area (Å²) in [5.41, 5.74) is 2.13. The van der Waals surface area contributed by atoms with Gasteiger partial charge in [0.05, 0.1) is 11.0 Å². The van der Waals surface area contributed by atoms with E-state index in [1.807, 2.05) is 18.2 Å². The molecule has 0 spiro atoms. The van der Waals surface area contributed by atoms with Crippen molar-refractivity contribution in [2.24, 2.45) is 5.92 Å². The Hall–Kier alpha value is -2.41. The third kappa shape index (κ3) is 2.55. The van der Waals surface area contributed by atoms with E-state index in [4.69, 9.17) is 4.52 Å². The highest BCUT2D eigenvalue weighted by molar-refractivity contribution is 5.79. The molecule has 1 aliphatic heterocycles. The first kappa shape index (κ1) is 13.3. The predicted octanol–water partition coefficient (Wildman–Crippen LogP) is 1.45. The number of H-pyrrole nitrogens is 2. The van der Waals surface area contributed by atoms with Crippen molar-refractivity contribution in [3.63, 3.8) is 0 Å². The van der Waals surface area contributed by atoms with Gasteiger partial charge in [-0.2, -0.15) is 4.98 Å². The van der Waals surface area contributed by atoms with Crippen LogP contribution >= 0.6 is 0 Å². The zero-order chi connectivity index (χ0) is 14.9. The molecule has 1 unspecified atom stereocenters. The van der Waals surface area contributed by atoms with Gasteiger partial charge in [0, 0.05) is 12.0 Å². The van der Waals surface area contributed by atoms with Crippen LogP contribution in [-0.4, -0.2) is 33.2 Å². The number of hydrogen-bond donors (Lipinski definition) is 3. The van der Waals surface area contributed by atoms with Gasteiger partial charge >= 0.3 is 5.69 Å². The SMILES string of the molecule is O=c1[nH]c2ccc(-c3noc(CCC4CCNC4)n3)cc2[nH]1. The summed E-state index contributed by atoms with van der Waals surface area (Å²) in [6, 6.07) is 5.56. The Balaban J connectivity index is 1.52. The molecule has 22 heavy (non-hydrogen) atoms. The molecule has 2 aromatic heterocycles. The molecule has 114 valence electrons. The van der Waals surface area contributed by atoms with E-state index in [1.165, 1.54) is 6.42 Å². The Morgan fingerprint density at radius 2 is 2.18 bits per heavy atom. The fraction of sp³-hybridized carbons (Fsp3) is 0.400. The van der Waals surface area contributed by atoms with Crippen LogP contribution < -0.4 is 11.0 Å². The number of hydrogen-bond acceptors (Lipinski definition) is 5. The lowest BCUT2D eigenvalue weighted by Gasteiger charge is -2.03. The van der Waals surface area contributed by atoms with Crippen molar-refractivity contribution in [2.75, 3.05) is 13.1 Å². The lowest BCUT2D eigenvalue weighted by Crippen LogP contribution is -2.09. The zero-order valence-electron chi connectivity index (χ0n) is 12.1. The highest BCUT2D eigenvalue weighted by Gasteiger charge is 2.16. The average molecular weight is 299 g/mol. The molecule has 0 aliphatic carbocycles. The predicted molar refractivity (Wildman–Crippen MR) is 81.5 cm³/mol. The summed E-state index contributed by atoms with van der Waals surface area (Å²) < 4.78 is 5.33. The maximum Gasteiger partial charge on any atom is 0.323 e. The molecular formula is C15H17N5O2. The number of fused-ring (bicyclic) bond motifs is 1. The van der Waals surface area contributed by atoms with E-state index in [1.54, 1.807) is 0 Å². The quantitative estimate of drug-likeness (QED) is 0.677. The third-order valence-corrected chi connectivity index (χ3v) is 4.17. The minimum atomic E-state index is -0.217. The first-order valence-electron chi connectivity index (χ1n) is 7.54. The normalized spacial score (nSPS) is 18.3. The van der Waals surface area contributed by atoms with E-state index in [9.17, 15) is 4.79 Å². The van der Waals surface area contributed by atoms with Crippen molar-refractivity contribution < 1.29 is 4.52 Å². The Morgan fingerprint density at radius 1 is 1.27 bits per heavy atom. The number of nitrogens with zero attached hydrogens (tertiary/aromatic N) is 2. The molecule has 3 N–H and O–H groups in total. The smallest absolute Gasteiger partial charge is 0.323 e. The topological polar surface area (TPSA) is 99.6 Å². The first-order chi connectivity index (χ1) is 10.8. The summed E-state index contributed by atoms with van der Waals surface area (Å²) in [4.78, 5) is 21.2. The number of aromatic nitrogens is 4. The standard InChI is InChI=1S/C15H17N5O2/c21-15-17-11-3-2-10(7-12(11)18-15)14-19-13(22-20-14)4-1-9-5-6-16-8-9/h2-3,7,9,16H,1,4-6,8H2,(H2,17,18,21). The van der Waals surface area contributed by atoms with Crippen LogP contribution in [0.4, 0.5) is 0 Å². The molecule has 1 aliphatic rings. The fourth-order valence-electron chi connectivity index (χ4n) is 2.93. The molecule has 1 aromatic carbocycles. The number of rotatable bonds is 4. The Bertz CT molecular complexity index is 841. The van der Waals surface area contributed by atoms with Crippen LogP contribution in [0.3, 0.4) is 0 Å². The van der Waals surface area contributed by atoms with Crippen molar-refractivity contribution in [1.82, 2.24) is 25.4 Å². The molecule has 3 heterocycles. The van der Waals surface area contributed by atoms with E-state index in [2.05, 4.69) is 25.4 Å². The second kappa shape index (κ2) is 5.42. The summed E-state index contributed by atoms with van der Waals surface area (Å²) in [5, 5.41) is 7.40. The lowest BCUT2D eigenvalue weighted by atomic mass is 10.0. The van der Waals surface area contributed by atoms with Crippen molar-refractivity contribution in [3.8, 4) is 11.4 Å². The molecule has 7 heteroatoms. The van der Waals surface area contributed by atoms with Crippen molar-refractivity contribution in [1.29, 1.82) is 0 Å². The summed E-state index contributed by atoms with van der Waals surface area (Å²) in [6.45, 7) is 2.19. The molecule has 3 aromatic rings. The maximum absolute atomic E-state index is 11.3. The largest absolute Gasteiger partial charge is 0.339 e. The second-order valence-corrected chi connectivity index (χ2v) is 5.75. The molecule has 0 radical (unpaired) electrons. The van der Waals surface area contributed by atoms with Gasteiger partial charge in [-0.3, -0.25) is 0 Å². The number of benzene rings is 1. The molecule has 1 fully saturated rings. The van der Waals surface area contributed by atoms with E-state index in [0.717, 1.165) is 42.5 Å². The maximum atomic E-state index is 11.3. The van der Waals surface area contributed by atoms with Crippen LogP contribution in [0.1, 0.15) is 18.7 Å². The number of aryl methyl sites for hydroxylation is 1. The highest BCUT2D eigenvalue weighted by Crippen LogP contribution is 2.21. The summed E-state index contributed by atoms with van der Waals surface area (Å²) in [7, 11) is 0. The molecular weight excluding hydrogens is 282 g/mol. The average Bonchev–Trinajstić information content (AvgIpc) is 3.24. The van der Waals surface area contributed by atoms with Gasteiger partial charge in [-0.25, -0.2) is 4.79 Å². The van der Waals surface area contributed by atoms with Crippen molar-refractivity contribution in [3.05, 3.63) is 34.6 Å².